The second kappa shape index (κ2) is 8.59. The molecule has 158 valence electrons. The summed E-state index contributed by atoms with van der Waals surface area (Å²) in [6.45, 7) is 0.0350. The second-order valence-corrected chi connectivity index (χ2v) is 7.64. The van der Waals surface area contributed by atoms with Crippen molar-refractivity contribution in [3.05, 3.63) is 83.8 Å². The molecule has 30 heavy (non-hydrogen) atoms. The molecular weight excluding hydrogens is 425 g/mol. The van der Waals surface area contributed by atoms with Gasteiger partial charge in [0.2, 0.25) is 0 Å². The van der Waals surface area contributed by atoms with Crippen LogP contribution >= 0.6 is 0 Å². The van der Waals surface area contributed by atoms with Crippen LogP contribution in [0.2, 0.25) is 0 Å². The number of carbonyl (C=O) groups is 1. The molecule has 1 heterocycles. The van der Waals surface area contributed by atoms with E-state index < -0.39 is 32.6 Å². The first-order valence-electron chi connectivity index (χ1n) is 8.41. The molecule has 0 fully saturated rings. The van der Waals surface area contributed by atoms with Crippen molar-refractivity contribution in [3.8, 4) is 5.75 Å². The number of hydrazine groups is 1. The lowest BCUT2D eigenvalue weighted by Crippen LogP contribution is -2.41. The SMILES string of the molecule is O=C(NNS(=O)(=O)c1cccc(C(F)(F)F)c1)c1ccc(COc2ccccc2)o1. The number of carbonyl (C=O) groups excluding carboxylic acids is 1. The standard InChI is InChI=1S/C19H15F3N2O5S/c20-19(21,22)13-5-4-8-16(11-13)30(26,27)24-23-18(25)17-10-9-15(29-17)12-28-14-6-2-1-3-7-14/h1-11,24H,12H2,(H,23,25). The lowest BCUT2D eigenvalue weighted by molar-refractivity contribution is -0.137. The van der Waals surface area contributed by atoms with Crippen LogP contribution < -0.4 is 15.0 Å². The van der Waals surface area contributed by atoms with Gasteiger partial charge in [0.05, 0.1) is 10.5 Å². The van der Waals surface area contributed by atoms with Crippen LogP contribution in [0.25, 0.3) is 0 Å². The van der Waals surface area contributed by atoms with Crippen LogP contribution in [0.1, 0.15) is 21.9 Å². The third-order valence-corrected chi connectivity index (χ3v) is 5.03. The van der Waals surface area contributed by atoms with Crippen LogP contribution in [-0.4, -0.2) is 14.3 Å². The summed E-state index contributed by atoms with van der Waals surface area (Å²) in [5.41, 5.74) is 0.757. The summed E-state index contributed by atoms with van der Waals surface area (Å²) in [7, 11) is -4.43. The zero-order valence-corrected chi connectivity index (χ0v) is 16.0. The third kappa shape index (κ3) is 5.39. The van der Waals surface area contributed by atoms with Crippen LogP contribution in [0, 0.1) is 0 Å². The summed E-state index contributed by atoms with van der Waals surface area (Å²) < 4.78 is 73.4. The maximum Gasteiger partial charge on any atom is 0.416 e. The first kappa shape index (κ1) is 21.4. The van der Waals surface area contributed by atoms with E-state index in [2.05, 4.69) is 0 Å². The van der Waals surface area contributed by atoms with E-state index >= 15 is 0 Å². The van der Waals surface area contributed by atoms with Crippen molar-refractivity contribution in [1.29, 1.82) is 0 Å². The summed E-state index contributed by atoms with van der Waals surface area (Å²) >= 11 is 0. The lowest BCUT2D eigenvalue weighted by atomic mass is 10.2. The highest BCUT2D eigenvalue weighted by molar-refractivity contribution is 7.89. The molecule has 0 saturated heterocycles. The molecule has 0 atom stereocenters. The molecule has 2 aromatic carbocycles. The molecule has 0 spiro atoms. The average Bonchev–Trinajstić information content (AvgIpc) is 3.20. The van der Waals surface area contributed by atoms with Gasteiger partial charge in [0.25, 0.3) is 10.0 Å². The Morgan fingerprint density at radius 3 is 2.43 bits per heavy atom. The minimum Gasteiger partial charge on any atom is -0.486 e. The average molecular weight is 440 g/mol. The normalized spacial score (nSPS) is 11.8. The largest absolute Gasteiger partial charge is 0.486 e. The van der Waals surface area contributed by atoms with Crippen molar-refractivity contribution in [2.24, 2.45) is 0 Å². The molecule has 0 aliphatic rings. The Labute approximate surface area is 169 Å². The molecule has 2 N–H and O–H groups in total. The van der Waals surface area contributed by atoms with Gasteiger partial charge in [0.15, 0.2) is 5.76 Å². The zero-order valence-electron chi connectivity index (χ0n) is 15.1. The monoisotopic (exact) mass is 440 g/mol. The predicted molar refractivity (Wildman–Crippen MR) is 98.7 cm³/mol. The molecule has 0 radical (unpaired) electrons. The molecule has 7 nitrogen and oxygen atoms in total. The van der Waals surface area contributed by atoms with E-state index in [9.17, 15) is 26.4 Å². The highest BCUT2D eigenvalue weighted by Gasteiger charge is 2.31. The first-order chi connectivity index (χ1) is 14.1. The Morgan fingerprint density at radius 1 is 1.00 bits per heavy atom. The number of sulfonamides is 1. The van der Waals surface area contributed by atoms with E-state index in [-0.39, 0.29) is 12.4 Å². The highest BCUT2D eigenvalue weighted by atomic mass is 32.2. The molecule has 3 rings (SSSR count). The van der Waals surface area contributed by atoms with Gasteiger partial charge in [-0.15, -0.1) is 4.83 Å². The number of alkyl halides is 3. The summed E-state index contributed by atoms with van der Waals surface area (Å²) in [5.74, 6) is -0.247. The zero-order chi connectivity index (χ0) is 21.8. The predicted octanol–water partition coefficient (Wildman–Crippen LogP) is 3.50. The molecule has 0 bridgehead atoms. The van der Waals surface area contributed by atoms with Gasteiger partial charge in [-0.3, -0.25) is 10.2 Å². The van der Waals surface area contributed by atoms with Crippen LogP contribution in [-0.2, 0) is 22.8 Å². The lowest BCUT2D eigenvalue weighted by Gasteiger charge is -2.10. The summed E-state index contributed by atoms with van der Waals surface area (Å²) in [5, 5.41) is 0. The van der Waals surface area contributed by atoms with Crippen molar-refractivity contribution < 1.29 is 35.5 Å². The Balaban J connectivity index is 1.61. The van der Waals surface area contributed by atoms with Gasteiger partial charge < -0.3 is 9.15 Å². The van der Waals surface area contributed by atoms with Crippen molar-refractivity contribution in [2.45, 2.75) is 17.7 Å². The van der Waals surface area contributed by atoms with E-state index in [1.165, 1.54) is 12.1 Å². The molecule has 0 aliphatic heterocycles. The Kier molecular flexibility index (Phi) is 6.13. The number of para-hydroxylation sites is 1. The Hall–Kier alpha value is -3.31. The smallest absolute Gasteiger partial charge is 0.416 e. The van der Waals surface area contributed by atoms with E-state index in [1.54, 1.807) is 29.1 Å². The fraction of sp³-hybridized carbons (Fsp3) is 0.105. The molecule has 0 unspecified atom stereocenters. The van der Waals surface area contributed by atoms with Gasteiger partial charge in [0.1, 0.15) is 18.1 Å². The number of ether oxygens (including phenoxy) is 1. The minimum absolute atomic E-state index is 0.0350. The van der Waals surface area contributed by atoms with E-state index in [0.717, 1.165) is 18.2 Å². The van der Waals surface area contributed by atoms with Crippen molar-refractivity contribution in [3.63, 3.8) is 0 Å². The molecule has 0 saturated carbocycles. The number of nitrogens with one attached hydrogen (secondary N) is 2. The van der Waals surface area contributed by atoms with Gasteiger partial charge in [-0.1, -0.05) is 24.3 Å². The number of halogens is 3. The molecule has 1 aromatic heterocycles. The van der Waals surface area contributed by atoms with Crippen LogP contribution in [0.5, 0.6) is 5.75 Å². The number of hydrogen-bond donors (Lipinski definition) is 2. The molecule has 1 amide bonds. The fourth-order valence-electron chi connectivity index (χ4n) is 2.32. The van der Waals surface area contributed by atoms with Gasteiger partial charge in [-0.05, 0) is 42.5 Å². The Morgan fingerprint density at radius 2 is 1.73 bits per heavy atom. The topological polar surface area (TPSA) is 97.6 Å². The van der Waals surface area contributed by atoms with Gasteiger partial charge in [-0.2, -0.15) is 13.2 Å². The number of benzene rings is 2. The number of rotatable bonds is 7. The maximum absolute atomic E-state index is 12.8. The van der Waals surface area contributed by atoms with E-state index in [4.69, 9.17) is 9.15 Å². The highest BCUT2D eigenvalue weighted by Crippen LogP contribution is 2.30. The van der Waals surface area contributed by atoms with Crippen molar-refractivity contribution in [2.75, 3.05) is 0 Å². The number of furan rings is 1. The van der Waals surface area contributed by atoms with Crippen LogP contribution in [0.4, 0.5) is 13.2 Å². The van der Waals surface area contributed by atoms with Crippen LogP contribution in [0.3, 0.4) is 0 Å². The van der Waals surface area contributed by atoms with E-state index in [0.29, 0.717) is 17.6 Å². The second-order valence-electron chi connectivity index (χ2n) is 5.95. The first-order valence-corrected chi connectivity index (χ1v) is 9.89. The summed E-state index contributed by atoms with van der Waals surface area (Å²) in [6, 6.07) is 14.7. The summed E-state index contributed by atoms with van der Waals surface area (Å²) in [6.07, 6.45) is -4.71. The minimum atomic E-state index is -4.71. The number of hydrogen-bond acceptors (Lipinski definition) is 5. The van der Waals surface area contributed by atoms with Crippen molar-refractivity contribution in [1.82, 2.24) is 10.3 Å². The van der Waals surface area contributed by atoms with Gasteiger partial charge in [-0.25, -0.2) is 8.42 Å². The summed E-state index contributed by atoms with van der Waals surface area (Å²) in [4.78, 5) is 13.2. The maximum atomic E-state index is 12.8. The third-order valence-electron chi connectivity index (χ3n) is 3.78. The molecule has 11 heteroatoms. The van der Waals surface area contributed by atoms with Gasteiger partial charge in [0, 0.05) is 0 Å². The molecule has 3 aromatic rings. The van der Waals surface area contributed by atoms with Gasteiger partial charge >= 0.3 is 12.1 Å². The molecule has 0 aliphatic carbocycles. The van der Waals surface area contributed by atoms with Crippen LogP contribution in [0.15, 0.2) is 76.0 Å². The quantitative estimate of drug-likeness (QED) is 0.548. The van der Waals surface area contributed by atoms with E-state index in [1.807, 2.05) is 11.5 Å². The number of amides is 1. The van der Waals surface area contributed by atoms with Crippen molar-refractivity contribution >= 4 is 15.9 Å². The fourth-order valence-corrected chi connectivity index (χ4v) is 3.21. The molecular formula is C19H15F3N2O5S. The Bertz CT molecular complexity index is 1130.